The highest BCUT2D eigenvalue weighted by Crippen LogP contribution is 2.29. The third-order valence-electron chi connectivity index (χ3n) is 2.77. The van der Waals surface area contributed by atoms with Crippen LogP contribution >= 0.6 is 0 Å². The molecule has 0 aliphatic heterocycles. The molecule has 0 aromatic heterocycles. The van der Waals surface area contributed by atoms with Gasteiger partial charge in [0.15, 0.2) is 5.78 Å². The minimum Gasteiger partial charge on any atom is -0.294 e. The molecular formula is C15H10F4O. The quantitative estimate of drug-likeness (QED) is 0.607. The van der Waals surface area contributed by atoms with Crippen LogP contribution in [0, 0.1) is 5.82 Å². The molecule has 2 aromatic carbocycles. The van der Waals surface area contributed by atoms with E-state index in [1.54, 1.807) is 6.07 Å². The number of alkyl halides is 3. The third-order valence-corrected chi connectivity index (χ3v) is 2.77. The van der Waals surface area contributed by atoms with Crippen molar-refractivity contribution in [3.05, 3.63) is 71.0 Å². The van der Waals surface area contributed by atoms with Crippen LogP contribution in [0.2, 0.25) is 0 Å². The molecule has 2 rings (SSSR count). The minimum atomic E-state index is -4.49. The number of halogens is 4. The van der Waals surface area contributed by atoms with E-state index in [2.05, 4.69) is 0 Å². The molecule has 0 saturated heterocycles. The Labute approximate surface area is 112 Å². The second-order valence-electron chi connectivity index (χ2n) is 4.31. The standard InChI is InChI=1S/C15H10F4O/c16-13-6-1-3-10(7-13)8-14(20)11-4-2-5-12(9-11)15(17,18)19/h1-7,9H,8H2. The van der Waals surface area contributed by atoms with Gasteiger partial charge in [-0.2, -0.15) is 13.2 Å². The van der Waals surface area contributed by atoms with Gasteiger partial charge in [0, 0.05) is 12.0 Å². The number of hydrogen-bond acceptors (Lipinski definition) is 1. The van der Waals surface area contributed by atoms with Gasteiger partial charge in [0.25, 0.3) is 0 Å². The Kier molecular flexibility index (Phi) is 3.88. The average Bonchev–Trinajstić information content (AvgIpc) is 2.38. The second-order valence-corrected chi connectivity index (χ2v) is 4.31. The van der Waals surface area contributed by atoms with Crippen LogP contribution in [0.15, 0.2) is 48.5 Å². The zero-order valence-electron chi connectivity index (χ0n) is 10.2. The van der Waals surface area contributed by atoms with E-state index in [9.17, 15) is 22.4 Å². The van der Waals surface area contributed by atoms with E-state index in [0.29, 0.717) is 5.56 Å². The van der Waals surface area contributed by atoms with Gasteiger partial charge in [-0.3, -0.25) is 4.79 Å². The van der Waals surface area contributed by atoms with Crippen molar-refractivity contribution >= 4 is 5.78 Å². The van der Waals surface area contributed by atoms with E-state index in [-0.39, 0.29) is 12.0 Å². The maximum absolute atomic E-state index is 13.0. The van der Waals surface area contributed by atoms with Gasteiger partial charge in [0.2, 0.25) is 0 Å². The van der Waals surface area contributed by atoms with Crippen molar-refractivity contribution in [1.29, 1.82) is 0 Å². The summed E-state index contributed by atoms with van der Waals surface area (Å²) in [6, 6.07) is 9.63. The Hall–Kier alpha value is -2.17. The first-order chi connectivity index (χ1) is 9.36. The first-order valence-corrected chi connectivity index (χ1v) is 5.81. The van der Waals surface area contributed by atoms with E-state index in [0.717, 1.165) is 12.1 Å². The fraction of sp³-hybridized carbons (Fsp3) is 0.133. The van der Waals surface area contributed by atoms with Crippen molar-refractivity contribution in [2.24, 2.45) is 0 Å². The molecule has 5 heteroatoms. The van der Waals surface area contributed by atoms with Gasteiger partial charge < -0.3 is 0 Å². The average molecular weight is 282 g/mol. The molecule has 0 heterocycles. The molecule has 0 N–H and O–H groups in total. The predicted molar refractivity (Wildman–Crippen MR) is 65.9 cm³/mol. The van der Waals surface area contributed by atoms with Crippen molar-refractivity contribution in [3.63, 3.8) is 0 Å². The van der Waals surface area contributed by atoms with Crippen molar-refractivity contribution < 1.29 is 22.4 Å². The largest absolute Gasteiger partial charge is 0.416 e. The number of ketones is 1. The van der Waals surface area contributed by atoms with Crippen LogP contribution in [0.4, 0.5) is 17.6 Å². The molecule has 0 spiro atoms. The van der Waals surface area contributed by atoms with Crippen LogP contribution in [-0.2, 0) is 12.6 Å². The highest BCUT2D eigenvalue weighted by Gasteiger charge is 2.30. The summed E-state index contributed by atoms with van der Waals surface area (Å²) in [6.07, 6.45) is -4.63. The SMILES string of the molecule is O=C(Cc1cccc(F)c1)c1cccc(C(F)(F)F)c1. The van der Waals surface area contributed by atoms with Crippen LogP contribution in [0.3, 0.4) is 0 Å². The number of benzene rings is 2. The summed E-state index contributed by atoms with van der Waals surface area (Å²) < 4.78 is 50.6. The van der Waals surface area contributed by atoms with E-state index < -0.39 is 23.3 Å². The number of carbonyl (C=O) groups excluding carboxylic acids is 1. The summed E-state index contributed by atoms with van der Waals surface area (Å²) in [5, 5.41) is 0. The maximum atomic E-state index is 13.0. The lowest BCUT2D eigenvalue weighted by molar-refractivity contribution is -0.137. The van der Waals surface area contributed by atoms with Crippen molar-refractivity contribution in [2.75, 3.05) is 0 Å². The lowest BCUT2D eigenvalue weighted by Crippen LogP contribution is -2.09. The predicted octanol–water partition coefficient (Wildman–Crippen LogP) is 4.27. The molecule has 0 radical (unpaired) electrons. The van der Waals surface area contributed by atoms with E-state index in [1.807, 2.05) is 0 Å². The Bertz CT molecular complexity index is 632. The molecule has 2 aromatic rings. The monoisotopic (exact) mass is 282 g/mol. The number of carbonyl (C=O) groups is 1. The van der Waals surface area contributed by atoms with E-state index in [1.165, 1.54) is 30.3 Å². The Morgan fingerprint density at radius 3 is 2.35 bits per heavy atom. The lowest BCUT2D eigenvalue weighted by Gasteiger charge is -2.08. The minimum absolute atomic E-state index is 0.0379. The van der Waals surface area contributed by atoms with E-state index >= 15 is 0 Å². The molecule has 0 saturated carbocycles. The molecule has 20 heavy (non-hydrogen) atoms. The van der Waals surface area contributed by atoms with Crippen LogP contribution in [0.1, 0.15) is 21.5 Å². The molecule has 1 nitrogen and oxygen atoms in total. The highest BCUT2D eigenvalue weighted by molar-refractivity contribution is 5.97. The first-order valence-electron chi connectivity index (χ1n) is 5.81. The smallest absolute Gasteiger partial charge is 0.294 e. The van der Waals surface area contributed by atoms with Gasteiger partial charge in [-0.15, -0.1) is 0 Å². The van der Waals surface area contributed by atoms with Gasteiger partial charge in [-0.25, -0.2) is 4.39 Å². The lowest BCUT2D eigenvalue weighted by atomic mass is 10.0. The van der Waals surface area contributed by atoms with Gasteiger partial charge in [-0.05, 0) is 29.8 Å². The summed E-state index contributed by atoms with van der Waals surface area (Å²) in [7, 11) is 0. The summed E-state index contributed by atoms with van der Waals surface area (Å²) >= 11 is 0. The van der Waals surface area contributed by atoms with Crippen molar-refractivity contribution in [3.8, 4) is 0 Å². The third kappa shape index (κ3) is 3.44. The Morgan fingerprint density at radius 1 is 1.00 bits per heavy atom. The zero-order chi connectivity index (χ0) is 14.8. The number of Topliss-reactive ketones (excluding diaryl/α,β-unsaturated/α-hetero) is 1. The normalized spacial score (nSPS) is 11.4. The highest BCUT2D eigenvalue weighted by atomic mass is 19.4. The van der Waals surface area contributed by atoms with Crippen molar-refractivity contribution in [2.45, 2.75) is 12.6 Å². The molecule has 0 amide bonds. The van der Waals surface area contributed by atoms with Crippen LogP contribution in [0.5, 0.6) is 0 Å². The maximum Gasteiger partial charge on any atom is 0.416 e. The summed E-state index contributed by atoms with van der Waals surface area (Å²) in [5.41, 5.74) is -0.487. The molecule has 0 bridgehead atoms. The first kappa shape index (κ1) is 14.2. The van der Waals surface area contributed by atoms with Crippen LogP contribution < -0.4 is 0 Å². The van der Waals surface area contributed by atoms with E-state index in [4.69, 9.17) is 0 Å². The van der Waals surface area contributed by atoms with Gasteiger partial charge in [0.1, 0.15) is 5.82 Å². The van der Waals surface area contributed by atoms with Gasteiger partial charge in [0.05, 0.1) is 5.56 Å². The van der Waals surface area contributed by atoms with Crippen LogP contribution in [0.25, 0.3) is 0 Å². The molecular weight excluding hydrogens is 272 g/mol. The second kappa shape index (κ2) is 5.45. The number of rotatable bonds is 3. The molecule has 0 unspecified atom stereocenters. The fourth-order valence-electron chi connectivity index (χ4n) is 1.80. The Balaban J connectivity index is 2.22. The van der Waals surface area contributed by atoms with Gasteiger partial charge in [-0.1, -0.05) is 24.3 Å². The zero-order valence-corrected chi connectivity index (χ0v) is 10.2. The fourth-order valence-corrected chi connectivity index (χ4v) is 1.80. The van der Waals surface area contributed by atoms with Crippen molar-refractivity contribution in [1.82, 2.24) is 0 Å². The summed E-state index contributed by atoms with van der Waals surface area (Å²) in [4.78, 5) is 11.9. The summed E-state index contributed by atoms with van der Waals surface area (Å²) in [6.45, 7) is 0. The molecule has 0 fully saturated rings. The molecule has 0 aliphatic rings. The van der Waals surface area contributed by atoms with Gasteiger partial charge >= 0.3 is 6.18 Å². The molecule has 0 atom stereocenters. The molecule has 0 aliphatic carbocycles. The topological polar surface area (TPSA) is 17.1 Å². The summed E-state index contributed by atoms with van der Waals surface area (Å²) in [5.74, 6) is -0.971. The van der Waals surface area contributed by atoms with Crippen LogP contribution in [-0.4, -0.2) is 5.78 Å². The number of hydrogen-bond donors (Lipinski definition) is 0. The Morgan fingerprint density at radius 2 is 1.70 bits per heavy atom. The molecule has 104 valence electrons.